The summed E-state index contributed by atoms with van der Waals surface area (Å²) in [6.45, 7) is 7.53. The lowest BCUT2D eigenvalue weighted by molar-refractivity contribution is 0.0526. The maximum atomic E-state index is 13.4. The van der Waals surface area contributed by atoms with Crippen LogP contribution in [0.5, 0.6) is 11.5 Å². The standard InChI is InChI=1S/C34H35N3O5/c1-4-40-34(39)28-22(2)42-33-27-20-25(41-21-23-8-6-5-7-9-23)10-11-26(27)32(38)30(29(28)33)31(24-12-14-35-15-13-24)37-18-16-36(3)17-19-37/h5-15,20,31,38H,4,16-19,21H2,1-3H3. The van der Waals surface area contributed by atoms with Gasteiger partial charge in [0.25, 0.3) is 0 Å². The molecular weight excluding hydrogens is 530 g/mol. The number of likely N-dealkylation sites (N-methyl/N-ethyl adjacent to an activating group) is 1. The number of aromatic hydroxyl groups is 1. The van der Waals surface area contributed by atoms with Crippen molar-refractivity contribution >= 4 is 27.7 Å². The van der Waals surface area contributed by atoms with Crippen molar-refractivity contribution in [1.29, 1.82) is 0 Å². The SMILES string of the molecule is CCOC(=O)c1c(C)oc2c1c(C(c1ccncc1)N1CCN(C)CC1)c(O)c1ccc(OCc3ccccc3)cc12. The van der Waals surface area contributed by atoms with E-state index in [0.717, 1.165) is 37.3 Å². The summed E-state index contributed by atoms with van der Waals surface area (Å²) >= 11 is 0. The number of phenols is 1. The van der Waals surface area contributed by atoms with E-state index in [1.807, 2.05) is 60.7 Å². The molecule has 1 N–H and O–H groups in total. The van der Waals surface area contributed by atoms with E-state index in [1.165, 1.54) is 0 Å². The monoisotopic (exact) mass is 565 g/mol. The van der Waals surface area contributed by atoms with Crippen molar-refractivity contribution in [3.63, 3.8) is 0 Å². The zero-order valence-corrected chi connectivity index (χ0v) is 24.2. The van der Waals surface area contributed by atoms with E-state index in [-0.39, 0.29) is 18.4 Å². The van der Waals surface area contributed by atoms with Gasteiger partial charge >= 0.3 is 5.97 Å². The maximum absolute atomic E-state index is 13.4. The molecule has 6 rings (SSSR count). The normalized spacial score (nSPS) is 15.2. The van der Waals surface area contributed by atoms with Crippen LogP contribution in [0.2, 0.25) is 0 Å². The van der Waals surface area contributed by atoms with E-state index in [2.05, 4.69) is 21.8 Å². The maximum Gasteiger partial charge on any atom is 0.342 e. The Balaban J connectivity index is 1.58. The molecular formula is C34H35N3O5. The van der Waals surface area contributed by atoms with Gasteiger partial charge < -0.3 is 23.9 Å². The predicted molar refractivity (Wildman–Crippen MR) is 162 cm³/mol. The van der Waals surface area contributed by atoms with Crippen molar-refractivity contribution in [2.24, 2.45) is 0 Å². The highest BCUT2D eigenvalue weighted by atomic mass is 16.5. The Morgan fingerprint density at radius 2 is 1.76 bits per heavy atom. The van der Waals surface area contributed by atoms with E-state index >= 15 is 0 Å². The van der Waals surface area contributed by atoms with Crippen LogP contribution in [-0.2, 0) is 11.3 Å². The summed E-state index contributed by atoms with van der Waals surface area (Å²) in [5.41, 5.74) is 3.51. The Bertz CT molecular complexity index is 1710. The number of benzene rings is 3. The smallest absolute Gasteiger partial charge is 0.342 e. The molecule has 1 aliphatic rings. The van der Waals surface area contributed by atoms with Gasteiger partial charge in [-0.1, -0.05) is 30.3 Å². The van der Waals surface area contributed by atoms with E-state index < -0.39 is 5.97 Å². The fraction of sp³-hybridized carbons (Fsp3) is 0.294. The largest absolute Gasteiger partial charge is 0.507 e. The van der Waals surface area contributed by atoms with Crippen molar-refractivity contribution in [2.75, 3.05) is 39.8 Å². The Hall–Kier alpha value is -4.40. The first kappa shape index (κ1) is 27.8. The summed E-state index contributed by atoms with van der Waals surface area (Å²) in [5.74, 6) is 0.714. The van der Waals surface area contributed by atoms with Gasteiger partial charge in [-0.2, -0.15) is 0 Å². The molecule has 3 aromatic carbocycles. The predicted octanol–water partition coefficient (Wildman–Crippen LogP) is 6.09. The topological polar surface area (TPSA) is 88.3 Å². The number of hydrogen-bond donors (Lipinski definition) is 1. The van der Waals surface area contributed by atoms with Gasteiger partial charge in [0.2, 0.25) is 0 Å². The number of furan rings is 1. The van der Waals surface area contributed by atoms with Crippen molar-refractivity contribution in [3.8, 4) is 11.5 Å². The van der Waals surface area contributed by atoms with E-state index in [0.29, 0.717) is 51.0 Å². The number of phenolic OH excluding ortho intramolecular Hbond substituents is 1. The molecule has 0 bridgehead atoms. The molecule has 2 aromatic heterocycles. The van der Waals surface area contributed by atoms with Crippen LogP contribution in [0.15, 0.2) is 77.5 Å². The van der Waals surface area contributed by atoms with E-state index in [9.17, 15) is 9.90 Å². The third-order valence-electron chi connectivity index (χ3n) is 8.03. The number of hydrogen-bond acceptors (Lipinski definition) is 8. The number of aryl methyl sites for hydroxylation is 1. The average molecular weight is 566 g/mol. The van der Waals surface area contributed by atoms with Crippen LogP contribution >= 0.6 is 0 Å². The lowest BCUT2D eigenvalue weighted by Gasteiger charge is -2.39. The summed E-state index contributed by atoms with van der Waals surface area (Å²) in [6, 6.07) is 19.1. The van der Waals surface area contributed by atoms with Crippen molar-refractivity contribution in [2.45, 2.75) is 26.5 Å². The summed E-state index contributed by atoms with van der Waals surface area (Å²) in [5, 5.41) is 14.0. The number of esters is 1. The summed E-state index contributed by atoms with van der Waals surface area (Å²) < 4.78 is 18.0. The fourth-order valence-corrected chi connectivity index (χ4v) is 5.90. The first-order valence-corrected chi connectivity index (χ1v) is 14.3. The van der Waals surface area contributed by atoms with Crippen molar-refractivity contribution in [1.82, 2.24) is 14.8 Å². The van der Waals surface area contributed by atoms with E-state index in [1.54, 1.807) is 26.2 Å². The number of carbonyl (C=O) groups is 1. The third-order valence-corrected chi connectivity index (χ3v) is 8.03. The van der Waals surface area contributed by atoms with Crippen LogP contribution in [0, 0.1) is 6.92 Å². The minimum Gasteiger partial charge on any atom is -0.507 e. The number of ether oxygens (including phenoxy) is 2. The average Bonchev–Trinajstić information content (AvgIpc) is 3.36. The van der Waals surface area contributed by atoms with Gasteiger partial charge in [-0.3, -0.25) is 9.88 Å². The van der Waals surface area contributed by atoms with Crippen molar-refractivity contribution in [3.05, 3.63) is 101 Å². The first-order chi connectivity index (χ1) is 20.5. The molecule has 3 heterocycles. The Labute approximate surface area is 245 Å². The van der Waals surface area contributed by atoms with E-state index in [4.69, 9.17) is 13.9 Å². The van der Waals surface area contributed by atoms with Gasteiger partial charge in [0.1, 0.15) is 35.0 Å². The van der Waals surface area contributed by atoms with Crippen LogP contribution in [0.1, 0.15) is 45.8 Å². The van der Waals surface area contributed by atoms with Crippen molar-refractivity contribution < 1.29 is 23.8 Å². The molecule has 1 fully saturated rings. The van der Waals surface area contributed by atoms with Gasteiger partial charge in [-0.15, -0.1) is 0 Å². The number of aromatic nitrogens is 1. The minimum atomic E-state index is -0.475. The van der Waals surface area contributed by atoms with Crippen LogP contribution in [0.25, 0.3) is 21.7 Å². The number of carbonyl (C=O) groups excluding carboxylic acids is 1. The third kappa shape index (κ3) is 5.19. The second kappa shape index (κ2) is 11.8. The Morgan fingerprint density at radius 3 is 2.48 bits per heavy atom. The second-order valence-corrected chi connectivity index (χ2v) is 10.7. The molecule has 0 aliphatic carbocycles. The highest BCUT2D eigenvalue weighted by Crippen LogP contribution is 2.48. The lowest BCUT2D eigenvalue weighted by atomic mass is 9.89. The molecule has 5 aromatic rings. The van der Waals surface area contributed by atoms with Crippen LogP contribution < -0.4 is 4.74 Å². The number of piperazine rings is 1. The van der Waals surface area contributed by atoms with Crippen LogP contribution in [0.4, 0.5) is 0 Å². The van der Waals surface area contributed by atoms with Gasteiger partial charge in [0.15, 0.2) is 0 Å². The quantitative estimate of drug-likeness (QED) is 0.226. The fourth-order valence-electron chi connectivity index (χ4n) is 5.90. The number of nitrogens with zero attached hydrogens (tertiary/aromatic N) is 3. The molecule has 1 atom stereocenters. The van der Waals surface area contributed by atoms with Crippen LogP contribution in [0.3, 0.4) is 0 Å². The molecule has 0 radical (unpaired) electrons. The molecule has 0 spiro atoms. The highest BCUT2D eigenvalue weighted by Gasteiger charge is 2.34. The number of rotatable bonds is 8. The molecule has 8 nitrogen and oxygen atoms in total. The molecule has 0 saturated carbocycles. The van der Waals surface area contributed by atoms with Crippen LogP contribution in [-0.4, -0.2) is 65.7 Å². The summed E-state index contributed by atoms with van der Waals surface area (Å²) in [4.78, 5) is 22.3. The molecule has 216 valence electrons. The molecule has 1 saturated heterocycles. The summed E-state index contributed by atoms with van der Waals surface area (Å²) in [6.07, 6.45) is 3.52. The lowest BCUT2D eigenvalue weighted by Crippen LogP contribution is -2.46. The Kier molecular flexibility index (Phi) is 7.82. The number of pyridine rings is 1. The number of fused-ring (bicyclic) bond motifs is 3. The minimum absolute atomic E-state index is 0.110. The second-order valence-electron chi connectivity index (χ2n) is 10.7. The molecule has 42 heavy (non-hydrogen) atoms. The Morgan fingerprint density at radius 1 is 1.02 bits per heavy atom. The van der Waals surface area contributed by atoms with Gasteiger partial charge in [-0.25, -0.2) is 4.79 Å². The molecule has 0 amide bonds. The first-order valence-electron chi connectivity index (χ1n) is 14.3. The van der Waals surface area contributed by atoms with Gasteiger partial charge in [-0.05, 0) is 62.4 Å². The van der Waals surface area contributed by atoms with Gasteiger partial charge in [0, 0.05) is 60.3 Å². The molecule has 1 aliphatic heterocycles. The molecule has 8 heteroatoms. The zero-order chi connectivity index (χ0) is 29.2. The zero-order valence-electron chi connectivity index (χ0n) is 24.2. The summed E-state index contributed by atoms with van der Waals surface area (Å²) in [7, 11) is 2.11. The highest BCUT2D eigenvalue weighted by molar-refractivity contribution is 6.17. The van der Waals surface area contributed by atoms with Gasteiger partial charge in [0.05, 0.1) is 12.6 Å². The molecule has 1 unspecified atom stereocenters.